The number of methoxy groups -OCH3 is 1. The quantitative estimate of drug-likeness (QED) is 0.759. The molecule has 1 atom stereocenters. The molecule has 0 aliphatic rings. The molecule has 0 unspecified atom stereocenters. The van der Waals surface area contributed by atoms with E-state index < -0.39 is 17.7 Å². The lowest BCUT2D eigenvalue weighted by Crippen LogP contribution is -2.39. The Kier molecular flexibility index (Phi) is 7.12. The number of rotatable bonds is 8. The molecule has 146 valence electrons. The second-order valence-corrected chi connectivity index (χ2v) is 6.13. The zero-order chi connectivity index (χ0) is 20.0. The highest BCUT2D eigenvalue weighted by atomic mass is 19.2. The van der Waals surface area contributed by atoms with Gasteiger partial charge in [0, 0.05) is 18.3 Å². The predicted molar refractivity (Wildman–Crippen MR) is 100 cm³/mol. The summed E-state index contributed by atoms with van der Waals surface area (Å²) in [6, 6.07) is 8.36. The summed E-state index contributed by atoms with van der Waals surface area (Å²) in [4.78, 5) is 14.2. The van der Waals surface area contributed by atoms with Crippen LogP contribution in [0.1, 0.15) is 19.4 Å². The Labute approximate surface area is 157 Å². The minimum atomic E-state index is -1.00. The standard InChI is InChI=1S/C20H24F2N2O3/c1-5-27-18-9-6-14(10-19(18)26-4)12-24(3)13(2)20(25)23-15-7-8-16(21)17(22)11-15/h6-11,13H,5,12H2,1-4H3,(H,23,25)/t13-/m0/s1. The maximum Gasteiger partial charge on any atom is 0.241 e. The lowest BCUT2D eigenvalue weighted by Gasteiger charge is -2.24. The Bertz CT molecular complexity index is 799. The molecule has 1 N–H and O–H groups in total. The fraction of sp³-hybridized carbons (Fsp3) is 0.350. The van der Waals surface area contributed by atoms with Crippen molar-refractivity contribution in [2.45, 2.75) is 26.4 Å². The molecule has 0 bridgehead atoms. The number of halogens is 2. The molecule has 5 nitrogen and oxygen atoms in total. The van der Waals surface area contributed by atoms with Crippen LogP contribution in [0.2, 0.25) is 0 Å². The van der Waals surface area contributed by atoms with Crippen molar-refractivity contribution < 1.29 is 23.0 Å². The summed E-state index contributed by atoms with van der Waals surface area (Å²) in [5, 5.41) is 2.59. The Balaban J connectivity index is 2.02. The van der Waals surface area contributed by atoms with Gasteiger partial charge in [-0.1, -0.05) is 6.07 Å². The molecule has 2 rings (SSSR count). The monoisotopic (exact) mass is 378 g/mol. The molecule has 0 saturated carbocycles. The first-order valence-electron chi connectivity index (χ1n) is 8.61. The van der Waals surface area contributed by atoms with Crippen LogP contribution >= 0.6 is 0 Å². The van der Waals surface area contributed by atoms with Crippen molar-refractivity contribution in [3.8, 4) is 11.5 Å². The van der Waals surface area contributed by atoms with E-state index in [1.807, 2.05) is 30.0 Å². The molecule has 0 saturated heterocycles. The average molecular weight is 378 g/mol. The highest BCUT2D eigenvalue weighted by molar-refractivity contribution is 5.94. The maximum atomic E-state index is 13.3. The molecule has 2 aromatic rings. The Morgan fingerprint density at radius 1 is 1.15 bits per heavy atom. The molecule has 2 aromatic carbocycles. The fourth-order valence-corrected chi connectivity index (χ4v) is 2.53. The molecular formula is C20H24F2N2O3. The van der Waals surface area contributed by atoms with Gasteiger partial charge in [-0.25, -0.2) is 8.78 Å². The number of hydrogen-bond acceptors (Lipinski definition) is 4. The molecule has 1 amide bonds. The van der Waals surface area contributed by atoms with Crippen LogP contribution in [0.3, 0.4) is 0 Å². The third-order valence-corrected chi connectivity index (χ3v) is 4.19. The van der Waals surface area contributed by atoms with Gasteiger partial charge in [0.15, 0.2) is 23.1 Å². The van der Waals surface area contributed by atoms with Crippen molar-refractivity contribution in [1.82, 2.24) is 4.90 Å². The lowest BCUT2D eigenvalue weighted by molar-refractivity contribution is -0.120. The van der Waals surface area contributed by atoms with Crippen LogP contribution in [0, 0.1) is 11.6 Å². The zero-order valence-electron chi connectivity index (χ0n) is 15.9. The summed E-state index contributed by atoms with van der Waals surface area (Å²) >= 11 is 0. The summed E-state index contributed by atoms with van der Waals surface area (Å²) in [7, 11) is 3.38. The van der Waals surface area contributed by atoms with E-state index in [-0.39, 0.29) is 11.6 Å². The van der Waals surface area contributed by atoms with Crippen LogP contribution < -0.4 is 14.8 Å². The molecule has 0 spiro atoms. The second kappa shape index (κ2) is 9.32. The van der Waals surface area contributed by atoms with Gasteiger partial charge in [-0.3, -0.25) is 9.69 Å². The van der Waals surface area contributed by atoms with Crippen molar-refractivity contribution in [1.29, 1.82) is 0 Å². The van der Waals surface area contributed by atoms with Gasteiger partial charge in [-0.15, -0.1) is 0 Å². The zero-order valence-corrected chi connectivity index (χ0v) is 15.9. The van der Waals surface area contributed by atoms with Gasteiger partial charge in [0.2, 0.25) is 5.91 Å². The van der Waals surface area contributed by atoms with Crippen LogP contribution in [0.25, 0.3) is 0 Å². The molecule has 27 heavy (non-hydrogen) atoms. The van der Waals surface area contributed by atoms with E-state index in [0.717, 1.165) is 17.7 Å². The number of hydrogen-bond donors (Lipinski definition) is 1. The molecule has 0 aliphatic heterocycles. The van der Waals surface area contributed by atoms with Gasteiger partial charge in [0.25, 0.3) is 0 Å². The van der Waals surface area contributed by atoms with E-state index >= 15 is 0 Å². The SMILES string of the molecule is CCOc1ccc(CN(C)[C@@H](C)C(=O)Nc2ccc(F)c(F)c2)cc1OC. The van der Waals surface area contributed by atoms with Gasteiger partial charge in [0.1, 0.15) is 0 Å². The second-order valence-electron chi connectivity index (χ2n) is 6.13. The Morgan fingerprint density at radius 3 is 2.52 bits per heavy atom. The van der Waals surface area contributed by atoms with E-state index in [2.05, 4.69) is 5.32 Å². The molecule has 7 heteroatoms. The van der Waals surface area contributed by atoms with Gasteiger partial charge < -0.3 is 14.8 Å². The summed E-state index contributed by atoms with van der Waals surface area (Å²) in [6.07, 6.45) is 0. The Morgan fingerprint density at radius 2 is 1.89 bits per heavy atom. The van der Waals surface area contributed by atoms with Crippen LogP contribution in [-0.2, 0) is 11.3 Å². The first kappa shape index (κ1) is 20.6. The van der Waals surface area contributed by atoms with Crippen molar-refractivity contribution in [2.75, 3.05) is 26.1 Å². The molecule has 0 fully saturated rings. The normalized spacial score (nSPS) is 12.0. The van der Waals surface area contributed by atoms with Gasteiger partial charge in [0.05, 0.1) is 19.8 Å². The molecule has 0 aliphatic carbocycles. The topological polar surface area (TPSA) is 50.8 Å². The largest absolute Gasteiger partial charge is 0.493 e. The van der Waals surface area contributed by atoms with Crippen LogP contribution in [0.4, 0.5) is 14.5 Å². The number of likely N-dealkylation sites (N-methyl/N-ethyl adjacent to an activating group) is 1. The highest BCUT2D eigenvalue weighted by Gasteiger charge is 2.19. The third-order valence-electron chi connectivity index (χ3n) is 4.19. The molecular weight excluding hydrogens is 354 g/mol. The number of nitrogens with one attached hydrogen (secondary N) is 1. The highest BCUT2D eigenvalue weighted by Crippen LogP contribution is 2.28. The van der Waals surface area contributed by atoms with Crippen LogP contribution in [0.15, 0.2) is 36.4 Å². The third kappa shape index (κ3) is 5.40. The molecule has 0 heterocycles. The first-order valence-corrected chi connectivity index (χ1v) is 8.61. The lowest BCUT2D eigenvalue weighted by atomic mass is 10.1. The number of ether oxygens (including phenoxy) is 2. The van der Waals surface area contributed by atoms with Crippen molar-refractivity contribution in [3.05, 3.63) is 53.6 Å². The summed E-state index contributed by atoms with van der Waals surface area (Å²) < 4.78 is 37.1. The summed E-state index contributed by atoms with van der Waals surface area (Å²) in [6.45, 7) is 4.67. The van der Waals surface area contributed by atoms with Gasteiger partial charge in [-0.05, 0) is 50.7 Å². The maximum absolute atomic E-state index is 13.3. The molecule has 0 radical (unpaired) electrons. The van der Waals surface area contributed by atoms with Gasteiger partial charge in [-0.2, -0.15) is 0 Å². The number of amides is 1. The number of carbonyl (C=O) groups is 1. The fourth-order valence-electron chi connectivity index (χ4n) is 2.53. The van der Waals surface area contributed by atoms with Crippen molar-refractivity contribution in [3.63, 3.8) is 0 Å². The van der Waals surface area contributed by atoms with Crippen LogP contribution in [-0.4, -0.2) is 37.6 Å². The number of nitrogens with zero attached hydrogens (tertiary/aromatic N) is 1. The number of carbonyl (C=O) groups excluding carboxylic acids is 1. The van der Waals surface area contributed by atoms with E-state index in [0.29, 0.717) is 24.7 Å². The summed E-state index contributed by atoms with van der Waals surface area (Å²) in [5.74, 6) is -0.989. The van der Waals surface area contributed by atoms with Crippen molar-refractivity contribution in [2.24, 2.45) is 0 Å². The van der Waals surface area contributed by atoms with E-state index in [1.54, 1.807) is 21.1 Å². The van der Waals surface area contributed by atoms with Gasteiger partial charge >= 0.3 is 0 Å². The smallest absolute Gasteiger partial charge is 0.241 e. The number of benzene rings is 2. The van der Waals surface area contributed by atoms with Crippen LogP contribution in [0.5, 0.6) is 11.5 Å². The first-order chi connectivity index (χ1) is 12.8. The van der Waals surface area contributed by atoms with E-state index in [4.69, 9.17) is 9.47 Å². The van der Waals surface area contributed by atoms with E-state index in [9.17, 15) is 13.6 Å². The number of anilines is 1. The van der Waals surface area contributed by atoms with E-state index in [1.165, 1.54) is 6.07 Å². The van der Waals surface area contributed by atoms with Crippen molar-refractivity contribution >= 4 is 11.6 Å². The minimum absolute atomic E-state index is 0.210. The summed E-state index contributed by atoms with van der Waals surface area (Å²) in [5.41, 5.74) is 1.16. The Hall–Kier alpha value is -2.67. The average Bonchev–Trinajstić information content (AvgIpc) is 2.65. The minimum Gasteiger partial charge on any atom is -0.493 e. The predicted octanol–water partition coefficient (Wildman–Crippen LogP) is 3.83. The molecule has 0 aromatic heterocycles.